The van der Waals surface area contributed by atoms with Crippen molar-refractivity contribution in [1.82, 2.24) is 4.90 Å². The smallest absolute Gasteiger partial charge is 0.246 e. The number of halogens is 1. The molecule has 3 nitrogen and oxygen atoms in total. The first kappa shape index (κ1) is 18.9. The van der Waals surface area contributed by atoms with Crippen LogP contribution in [0.5, 0.6) is 11.5 Å². The second kappa shape index (κ2) is 8.72. The van der Waals surface area contributed by atoms with Crippen LogP contribution in [0.15, 0.2) is 84.9 Å². The molecule has 5 heteroatoms. The average Bonchev–Trinajstić information content (AvgIpc) is 3.24. The SMILES string of the molecule is O=C([C@H](Cl)c1ccccc1)N1CCS[C@H]1c1cccc(Oc2ccccc2)c1. The van der Waals surface area contributed by atoms with E-state index in [0.717, 1.165) is 28.4 Å². The minimum absolute atomic E-state index is 0.0581. The number of hydrogen-bond donors (Lipinski definition) is 0. The zero-order valence-corrected chi connectivity index (χ0v) is 16.8. The van der Waals surface area contributed by atoms with E-state index in [0.29, 0.717) is 6.54 Å². The summed E-state index contributed by atoms with van der Waals surface area (Å²) < 4.78 is 5.95. The fourth-order valence-electron chi connectivity index (χ4n) is 3.24. The fraction of sp³-hybridized carbons (Fsp3) is 0.174. The van der Waals surface area contributed by atoms with Gasteiger partial charge < -0.3 is 9.64 Å². The van der Waals surface area contributed by atoms with Crippen LogP contribution in [0.3, 0.4) is 0 Å². The van der Waals surface area contributed by atoms with Crippen molar-refractivity contribution in [2.75, 3.05) is 12.3 Å². The third-order valence-corrected chi connectivity index (χ3v) is 6.30. The summed E-state index contributed by atoms with van der Waals surface area (Å²) in [6.45, 7) is 0.688. The van der Waals surface area contributed by atoms with Gasteiger partial charge in [0.1, 0.15) is 22.2 Å². The van der Waals surface area contributed by atoms with Crippen molar-refractivity contribution in [2.24, 2.45) is 0 Å². The predicted molar refractivity (Wildman–Crippen MR) is 115 cm³/mol. The normalized spacial score (nSPS) is 17.3. The van der Waals surface area contributed by atoms with Crippen LogP contribution in [0, 0.1) is 0 Å². The Morgan fingerprint density at radius 2 is 1.64 bits per heavy atom. The Morgan fingerprint density at radius 1 is 0.964 bits per heavy atom. The molecular formula is C23H20ClNO2S. The van der Waals surface area contributed by atoms with Gasteiger partial charge in [-0.15, -0.1) is 23.4 Å². The van der Waals surface area contributed by atoms with Crippen LogP contribution in [-0.4, -0.2) is 23.1 Å². The largest absolute Gasteiger partial charge is 0.457 e. The van der Waals surface area contributed by atoms with Crippen molar-refractivity contribution >= 4 is 29.3 Å². The van der Waals surface area contributed by atoms with Crippen LogP contribution in [-0.2, 0) is 4.79 Å². The first-order valence-electron chi connectivity index (χ1n) is 9.16. The number of ether oxygens (including phenoxy) is 1. The molecule has 4 rings (SSSR count). The van der Waals surface area contributed by atoms with Crippen molar-refractivity contribution in [3.8, 4) is 11.5 Å². The van der Waals surface area contributed by atoms with Crippen LogP contribution in [0.4, 0.5) is 0 Å². The Balaban J connectivity index is 1.53. The van der Waals surface area contributed by atoms with Crippen LogP contribution in [0.1, 0.15) is 21.9 Å². The fourth-order valence-corrected chi connectivity index (χ4v) is 4.76. The van der Waals surface area contributed by atoms with E-state index in [4.69, 9.17) is 16.3 Å². The molecule has 0 aromatic heterocycles. The molecule has 0 spiro atoms. The molecule has 0 unspecified atom stereocenters. The van der Waals surface area contributed by atoms with E-state index in [1.54, 1.807) is 11.8 Å². The monoisotopic (exact) mass is 409 g/mol. The van der Waals surface area contributed by atoms with Crippen LogP contribution in [0.2, 0.25) is 0 Å². The first-order chi connectivity index (χ1) is 13.7. The molecule has 28 heavy (non-hydrogen) atoms. The lowest BCUT2D eigenvalue weighted by molar-refractivity contribution is -0.131. The van der Waals surface area contributed by atoms with Gasteiger partial charge in [0.05, 0.1) is 0 Å². The van der Waals surface area contributed by atoms with Gasteiger partial charge in [-0.1, -0.05) is 60.7 Å². The Labute approximate surface area is 174 Å². The number of amides is 1. The number of hydrogen-bond acceptors (Lipinski definition) is 3. The standard InChI is InChI=1S/C23H20ClNO2S/c24-21(17-8-3-1-4-9-17)22(26)25-14-15-28-23(25)18-10-7-13-20(16-18)27-19-11-5-2-6-12-19/h1-13,16,21,23H,14-15H2/t21-,23+/m1/s1. The molecule has 0 bridgehead atoms. The van der Waals surface area contributed by atoms with Gasteiger partial charge >= 0.3 is 0 Å². The lowest BCUT2D eigenvalue weighted by atomic mass is 10.1. The number of rotatable bonds is 5. The number of benzene rings is 3. The number of carbonyl (C=O) groups is 1. The summed E-state index contributed by atoms with van der Waals surface area (Å²) in [5.74, 6) is 2.38. The van der Waals surface area contributed by atoms with Crippen LogP contribution >= 0.6 is 23.4 Å². The van der Waals surface area contributed by atoms with Crippen molar-refractivity contribution < 1.29 is 9.53 Å². The van der Waals surface area contributed by atoms with E-state index in [1.807, 2.05) is 89.8 Å². The summed E-state index contributed by atoms with van der Waals surface area (Å²) in [4.78, 5) is 14.9. The van der Waals surface area contributed by atoms with Gasteiger partial charge in [-0.2, -0.15) is 0 Å². The molecule has 1 fully saturated rings. The second-order valence-electron chi connectivity index (χ2n) is 6.52. The molecular weight excluding hydrogens is 390 g/mol. The molecule has 0 saturated carbocycles. The molecule has 0 N–H and O–H groups in total. The molecule has 2 atom stereocenters. The van der Waals surface area contributed by atoms with Gasteiger partial charge in [-0.3, -0.25) is 4.79 Å². The highest BCUT2D eigenvalue weighted by Crippen LogP contribution is 2.41. The third-order valence-electron chi connectivity index (χ3n) is 4.61. The maximum absolute atomic E-state index is 13.1. The van der Waals surface area contributed by atoms with E-state index in [2.05, 4.69) is 0 Å². The van der Waals surface area contributed by atoms with E-state index in [-0.39, 0.29) is 11.3 Å². The molecule has 0 radical (unpaired) electrons. The van der Waals surface area contributed by atoms with Gasteiger partial charge in [0.2, 0.25) is 5.91 Å². The molecule has 1 heterocycles. The number of alkyl halides is 1. The maximum atomic E-state index is 13.1. The van der Waals surface area contributed by atoms with Crippen molar-refractivity contribution in [3.05, 3.63) is 96.1 Å². The number of carbonyl (C=O) groups excluding carboxylic acids is 1. The van der Waals surface area contributed by atoms with Crippen LogP contribution < -0.4 is 4.74 Å². The molecule has 3 aromatic carbocycles. The second-order valence-corrected chi connectivity index (χ2v) is 8.14. The summed E-state index contributed by atoms with van der Waals surface area (Å²) >= 11 is 8.25. The zero-order chi connectivity index (χ0) is 19.3. The van der Waals surface area contributed by atoms with E-state index < -0.39 is 5.38 Å². The lowest BCUT2D eigenvalue weighted by Crippen LogP contribution is -2.33. The Kier molecular flexibility index (Phi) is 5.89. The van der Waals surface area contributed by atoms with Crippen LogP contribution in [0.25, 0.3) is 0 Å². The number of thioether (sulfide) groups is 1. The van der Waals surface area contributed by atoms with E-state index >= 15 is 0 Å². The Bertz CT molecular complexity index is 936. The molecule has 1 aliphatic rings. The van der Waals surface area contributed by atoms with Crippen molar-refractivity contribution in [3.63, 3.8) is 0 Å². The topological polar surface area (TPSA) is 29.5 Å². The van der Waals surface area contributed by atoms with Gasteiger partial charge in [0.25, 0.3) is 0 Å². The maximum Gasteiger partial charge on any atom is 0.246 e. The molecule has 1 saturated heterocycles. The minimum atomic E-state index is -0.675. The summed E-state index contributed by atoms with van der Waals surface area (Å²) in [5.41, 5.74) is 1.87. The highest BCUT2D eigenvalue weighted by atomic mass is 35.5. The molecule has 1 aliphatic heterocycles. The predicted octanol–water partition coefficient (Wildman–Crippen LogP) is 6.03. The summed E-state index contributed by atoms with van der Waals surface area (Å²) in [6, 6.07) is 27.1. The summed E-state index contributed by atoms with van der Waals surface area (Å²) in [7, 11) is 0. The quantitative estimate of drug-likeness (QED) is 0.481. The van der Waals surface area contributed by atoms with Gasteiger partial charge in [-0.05, 0) is 35.4 Å². The third kappa shape index (κ3) is 4.18. The van der Waals surface area contributed by atoms with Crippen molar-refractivity contribution in [2.45, 2.75) is 10.8 Å². The molecule has 0 aliphatic carbocycles. The van der Waals surface area contributed by atoms with Gasteiger partial charge in [-0.25, -0.2) is 0 Å². The summed E-state index contributed by atoms with van der Waals surface area (Å²) in [5, 5.41) is -0.733. The van der Waals surface area contributed by atoms with Gasteiger partial charge in [0, 0.05) is 12.3 Å². The number of para-hydroxylation sites is 1. The molecule has 1 amide bonds. The highest BCUT2D eigenvalue weighted by molar-refractivity contribution is 7.99. The summed E-state index contributed by atoms with van der Waals surface area (Å²) in [6.07, 6.45) is 0. The number of nitrogens with zero attached hydrogens (tertiary/aromatic N) is 1. The molecule has 3 aromatic rings. The highest BCUT2D eigenvalue weighted by Gasteiger charge is 2.34. The lowest BCUT2D eigenvalue weighted by Gasteiger charge is -2.26. The molecule has 142 valence electrons. The van der Waals surface area contributed by atoms with Crippen molar-refractivity contribution in [1.29, 1.82) is 0 Å². The Morgan fingerprint density at radius 3 is 2.39 bits per heavy atom. The minimum Gasteiger partial charge on any atom is -0.457 e. The zero-order valence-electron chi connectivity index (χ0n) is 15.2. The Hall–Kier alpha value is -2.43. The average molecular weight is 410 g/mol. The van der Waals surface area contributed by atoms with Gasteiger partial charge in [0.15, 0.2) is 0 Å². The first-order valence-corrected chi connectivity index (χ1v) is 10.6. The van der Waals surface area contributed by atoms with E-state index in [9.17, 15) is 4.79 Å². The van der Waals surface area contributed by atoms with E-state index in [1.165, 1.54) is 0 Å².